The molecule has 1 aliphatic carbocycles. The molecule has 4 rings (SSSR count). The van der Waals surface area contributed by atoms with Crippen LogP contribution in [0.3, 0.4) is 0 Å². The molecule has 7 nitrogen and oxygen atoms in total. The third-order valence-corrected chi connectivity index (χ3v) is 6.20. The molecular weight excluding hydrogens is 400 g/mol. The van der Waals surface area contributed by atoms with Crippen LogP contribution in [0.25, 0.3) is 0 Å². The summed E-state index contributed by atoms with van der Waals surface area (Å²) in [5, 5.41) is 5.44. The summed E-state index contributed by atoms with van der Waals surface area (Å²) in [4.78, 5) is 40.4. The molecule has 2 aliphatic rings. The van der Waals surface area contributed by atoms with Crippen molar-refractivity contribution >= 4 is 40.3 Å². The average molecular weight is 423 g/mol. The molecule has 3 amide bonds. The van der Waals surface area contributed by atoms with Gasteiger partial charge in [-0.15, -0.1) is 0 Å². The standard InChI is InChI=1S/C22H22N4O3S/c23-22-26-21(29)18(30-22)12-19(27)24-15-8-3-7-14(11-15)20(28)25-17-10-4-6-13-5-1-2-9-16(13)17/h1-3,5,7-9,11,17-18H,4,6,10,12H2,(H,24,27)(H,25,28)(H2,23,26,29)/t17-,18+/m0/s1. The molecule has 0 bridgehead atoms. The number of carbonyl (C=O) groups excluding carboxylic acids is 3. The lowest BCUT2D eigenvalue weighted by Crippen LogP contribution is -2.31. The maximum Gasteiger partial charge on any atom is 0.262 e. The minimum Gasteiger partial charge on any atom is -0.378 e. The van der Waals surface area contributed by atoms with Gasteiger partial charge < -0.3 is 16.4 Å². The Labute approximate surface area is 178 Å². The summed E-state index contributed by atoms with van der Waals surface area (Å²) in [6.45, 7) is 0. The normalized spacial score (nSPS) is 20.3. The highest BCUT2D eigenvalue weighted by Gasteiger charge is 2.29. The quantitative estimate of drug-likeness (QED) is 0.686. The van der Waals surface area contributed by atoms with Gasteiger partial charge in [0.25, 0.3) is 11.8 Å². The number of nitrogens with zero attached hydrogens (tertiary/aromatic N) is 1. The molecule has 1 heterocycles. The summed E-state index contributed by atoms with van der Waals surface area (Å²) in [5.74, 6) is -0.909. The smallest absolute Gasteiger partial charge is 0.262 e. The van der Waals surface area contributed by atoms with Crippen LogP contribution in [0.4, 0.5) is 5.69 Å². The summed E-state index contributed by atoms with van der Waals surface area (Å²) in [6, 6.07) is 14.9. The zero-order valence-corrected chi connectivity index (χ0v) is 17.1. The van der Waals surface area contributed by atoms with Gasteiger partial charge >= 0.3 is 0 Å². The van der Waals surface area contributed by atoms with Gasteiger partial charge in [0, 0.05) is 17.7 Å². The van der Waals surface area contributed by atoms with E-state index < -0.39 is 11.2 Å². The first-order valence-electron chi connectivity index (χ1n) is 9.83. The lowest BCUT2D eigenvalue weighted by atomic mass is 9.87. The monoisotopic (exact) mass is 422 g/mol. The Bertz CT molecular complexity index is 1040. The molecule has 0 aromatic heterocycles. The number of anilines is 1. The van der Waals surface area contributed by atoms with Crippen LogP contribution in [-0.4, -0.2) is 28.1 Å². The number of aliphatic imine (C=N–C) groups is 1. The fourth-order valence-electron chi connectivity index (χ4n) is 3.80. The van der Waals surface area contributed by atoms with Gasteiger partial charge in [0.1, 0.15) is 5.25 Å². The van der Waals surface area contributed by atoms with Crippen molar-refractivity contribution in [2.75, 3.05) is 5.32 Å². The lowest BCUT2D eigenvalue weighted by Gasteiger charge is -2.26. The largest absolute Gasteiger partial charge is 0.378 e. The van der Waals surface area contributed by atoms with Crippen LogP contribution in [0.1, 0.15) is 46.8 Å². The number of amidine groups is 1. The Kier molecular flexibility index (Phi) is 5.85. The van der Waals surface area contributed by atoms with E-state index in [9.17, 15) is 14.4 Å². The molecule has 0 unspecified atom stereocenters. The molecule has 2 aromatic rings. The predicted molar refractivity (Wildman–Crippen MR) is 117 cm³/mol. The Morgan fingerprint density at radius 1 is 1.17 bits per heavy atom. The van der Waals surface area contributed by atoms with Gasteiger partial charge in [-0.1, -0.05) is 42.1 Å². The predicted octanol–water partition coefficient (Wildman–Crippen LogP) is 2.78. The van der Waals surface area contributed by atoms with E-state index in [1.54, 1.807) is 24.3 Å². The number of amides is 3. The summed E-state index contributed by atoms with van der Waals surface area (Å²) >= 11 is 1.09. The first-order valence-corrected chi connectivity index (χ1v) is 10.7. The third-order valence-electron chi connectivity index (χ3n) is 5.21. The van der Waals surface area contributed by atoms with Crippen molar-refractivity contribution in [3.05, 3.63) is 65.2 Å². The number of benzene rings is 2. The summed E-state index contributed by atoms with van der Waals surface area (Å²) in [7, 11) is 0. The summed E-state index contributed by atoms with van der Waals surface area (Å²) in [6.07, 6.45) is 2.94. The van der Waals surface area contributed by atoms with E-state index in [0.29, 0.717) is 11.3 Å². The molecule has 4 N–H and O–H groups in total. The highest BCUT2D eigenvalue weighted by molar-refractivity contribution is 8.15. The molecule has 0 saturated heterocycles. The SMILES string of the molecule is NC1=NC(=O)[C@@H](CC(=O)Nc2cccc(C(=O)N[C@H]3CCCc4ccccc43)c2)S1. The number of thioether (sulfide) groups is 1. The van der Waals surface area contributed by atoms with Crippen molar-refractivity contribution in [1.82, 2.24) is 5.32 Å². The van der Waals surface area contributed by atoms with Gasteiger partial charge in [0.15, 0.2) is 5.17 Å². The first kappa shape index (κ1) is 20.2. The number of nitrogens with one attached hydrogen (secondary N) is 2. The van der Waals surface area contributed by atoms with Crippen LogP contribution in [0, 0.1) is 0 Å². The number of carbonyl (C=O) groups is 3. The van der Waals surface area contributed by atoms with Gasteiger partial charge in [-0.25, -0.2) is 0 Å². The van der Waals surface area contributed by atoms with Crippen molar-refractivity contribution in [3.63, 3.8) is 0 Å². The van der Waals surface area contributed by atoms with E-state index in [1.807, 2.05) is 12.1 Å². The molecule has 1 aliphatic heterocycles. The summed E-state index contributed by atoms with van der Waals surface area (Å²) in [5.41, 5.74) is 8.93. The molecule has 0 radical (unpaired) electrons. The molecule has 0 fully saturated rings. The van der Waals surface area contributed by atoms with Gasteiger partial charge in [0.2, 0.25) is 5.91 Å². The summed E-state index contributed by atoms with van der Waals surface area (Å²) < 4.78 is 0. The second kappa shape index (κ2) is 8.71. The third kappa shape index (κ3) is 4.54. The molecule has 154 valence electrons. The van der Waals surface area contributed by atoms with Crippen LogP contribution < -0.4 is 16.4 Å². The fraction of sp³-hybridized carbons (Fsp3) is 0.273. The number of fused-ring (bicyclic) bond motifs is 1. The zero-order chi connectivity index (χ0) is 21.1. The van der Waals surface area contributed by atoms with Crippen LogP contribution in [0.5, 0.6) is 0 Å². The van der Waals surface area contributed by atoms with E-state index in [0.717, 1.165) is 31.0 Å². The van der Waals surface area contributed by atoms with Crippen LogP contribution in [0.15, 0.2) is 53.5 Å². The highest BCUT2D eigenvalue weighted by atomic mass is 32.2. The van der Waals surface area contributed by atoms with Crippen molar-refractivity contribution in [1.29, 1.82) is 0 Å². The number of nitrogens with two attached hydrogens (primary N) is 1. The molecule has 0 saturated carbocycles. The topological polar surface area (TPSA) is 114 Å². The van der Waals surface area contributed by atoms with Crippen molar-refractivity contribution in [2.45, 2.75) is 37.0 Å². The van der Waals surface area contributed by atoms with E-state index >= 15 is 0 Å². The van der Waals surface area contributed by atoms with Gasteiger partial charge in [-0.05, 0) is 48.6 Å². The Morgan fingerprint density at radius 3 is 2.80 bits per heavy atom. The Hall–Kier alpha value is -3.13. The number of hydrogen-bond acceptors (Lipinski definition) is 5. The maximum atomic E-state index is 12.8. The minimum atomic E-state index is -0.595. The lowest BCUT2D eigenvalue weighted by molar-refractivity contribution is -0.121. The van der Waals surface area contributed by atoms with Crippen LogP contribution in [0.2, 0.25) is 0 Å². The van der Waals surface area contributed by atoms with Crippen LogP contribution >= 0.6 is 11.8 Å². The van der Waals surface area contributed by atoms with Gasteiger partial charge in [-0.3, -0.25) is 14.4 Å². The molecule has 8 heteroatoms. The van der Waals surface area contributed by atoms with Crippen molar-refractivity contribution in [3.8, 4) is 0 Å². The van der Waals surface area contributed by atoms with E-state index in [1.165, 1.54) is 11.1 Å². The van der Waals surface area contributed by atoms with Crippen LogP contribution in [-0.2, 0) is 16.0 Å². The molecule has 30 heavy (non-hydrogen) atoms. The van der Waals surface area contributed by atoms with E-state index in [4.69, 9.17) is 5.73 Å². The molecule has 2 aromatic carbocycles. The minimum absolute atomic E-state index is 0.0171. The second-order valence-electron chi connectivity index (χ2n) is 7.34. The van der Waals surface area contributed by atoms with Crippen molar-refractivity contribution < 1.29 is 14.4 Å². The van der Waals surface area contributed by atoms with Crippen molar-refractivity contribution in [2.24, 2.45) is 10.7 Å². The second-order valence-corrected chi connectivity index (χ2v) is 8.57. The highest BCUT2D eigenvalue weighted by Crippen LogP contribution is 2.30. The number of rotatable bonds is 5. The number of hydrogen-bond donors (Lipinski definition) is 3. The van der Waals surface area contributed by atoms with Gasteiger partial charge in [0.05, 0.1) is 6.04 Å². The molecular formula is C22H22N4O3S. The first-order chi connectivity index (χ1) is 14.5. The Morgan fingerprint density at radius 2 is 2.00 bits per heavy atom. The van der Waals surface area contributed by atoms with E-state index in [-0.39, 0.29) is 29.4 Å². The molecule has 0 spiro atoms. The zero-order valence-electron chi connectivity index (χ0n) is 16.3. The van der Waals surface area contributed by atoms with Gasteiger partial charge in [-0.2, -0.15) is 4.99 Å². The number of aryl methyl sites for hydroxylation is 1. The maximum absolute atomic E-state index is 12.8. The fourth-order valence-corrected chi connectivity index (χ4v) is 4.62. The molecule has 2 atom stereocenters. The Balaban J connectivity index is 1.39. The average Bonchev–Trinajstić information content (AvgIpc) is 3.05. The van der Waals surface area contributed by atoms with E-state index in [2.05, 4.69) is 27.8 Å².